The number of aliphatic hydroxyl groups is 1. The maximum Gasteiger partial charge on any atom is 0.319 e. The van der Waals surface area contributed by atoms with Gasteiger partial charge in [-0.2, -0.15) is 0 Å². The second kappa shape index (κ2) is 7.88. The van der Waals surface area contributed by atoms with Crippen LogP contribution in [0.1, 0.15) is 31.1 Å². The molecule has 0 heterocycles. The smallest absolute Gasteiger partial charge is 0.319 e. The molecule has 0 aromatic heterocycles. The van der Waals surface area contributed by atoms with Crippen molar-refractivity contribution >= 4 is 11.7 Å². The Morgan fingerprint density at radius 1 is 1.17 bits per heavy atom. The lowest BCUT2D eigenvalue weighted by Gasteiger charge is -2.21. The monoisotopic (exact) mass is 334 g/mol. The third-order valence-corrected chi connectivity index (χ3v) is 3.76. The van der Waals surface area contributed by atoms with Gasteiger partial charge in [-0.15, -0.1) is 0 Å². The maximum absolute atomic E-state index is 13.3. The summed E-state index contributed by atoms with van der Waals surface area (Å²) in [4.78, 5) is 12.1. The number of nitrogens with one attached hydrogen (secondary N) is 2. The summed E-state index contributed by atoms with van der Waals surface area (Å²) in [6, 6.07) is 9.37. The molecule has 0 aliphatic rings. The second-order valence-electron chi connectivity index (χ2n) is 5.52. The number of hydrogen-bond acceptors (Lipinski definition) is 2. The fourth-order valence-corrected chi connectivity index (χ4v) is 2.38. The molecule has 0 fully saturated rings. The molecule has 0 aliphatic heterocycles. The average Bonchev–Trinajstić information content (AvgIpc) is 2.57. The van der Waals surface area contributed by atoms with E-state index < -0.39 is 29.8 Å². The lowest BCUT2D eigenvalue weighted by Crippen LogP contribution is -2.39. The molecule has 2 atom stereocenters. The third-order valence-electron chi connectivity index (χ3n) is 3.76. The van der Waals surface area contributed by atoms with Gasteiger partial charge in [-0.25, -0.2) is 13.6 Å². The summed E-state index contributed by atoms with van der Waals surface area (Å²) in [5.74, 6) is -2.03. The predicted octanol–water partition coefficient (Wildman–Crippen LogP) is 3.77. The van der Waals surface area contributed by atoms with Crippen LogP contribution in [0.15, 0.2) is 42.5 Å². The zero-order chi connectivity index (χ0) is 17.7. The normalized spacial score (nSPS) is 13.2. The van der Waals surface area contributed by atoms with E-state index >= 15 is 0 Å². The number of urea groups is 1. The van der Waals surface area contributed by atoms with Crippen LogP contribution in [-0.4, -0.2) is 17.2 Å². The van der Waals surface area contributed by atoms with Crippen molar-refractivity contribution in [2.45, 2.75) is 32.4 Å². The van der Waals surface area contributed by atoms with Gasteiger partial charge in [0.15, 0.2) is 11.6 Å². The van der Waals surface area contributed by atoms with Crippen molar-refractivity contribution in [3.8, 4) is 0 Å². The van der Waals surface area contributed by atoms with Gasteiger partial charge in [0, 0.05) is 5.69 Å². The van der Waals surface area contributed by atoms with Crippen LogP contribution in [-0.2, 0) is 6.42 Å². The number of rotatable bonds is 5. The number of anilines is 1. The topological polar surface area (TPSA) is 61.4 Å². The van der Waals surface area contributed by atoms with Crippen molar-refractivity contribution < 1.29 is 18.7 Å². The minimum atomic E-state index is -1.16. The molecule has 6 heteroatoms. The zero-order valence-corrected chi connectivity index (χ0v) is 13.5. The molecule has 128 valence electrons. The molecule has 0 bridgehead atoms. The Bertz CT molecular complexity index is 722. The van der Waals surface area contributed by atoms with E-state index in [1.807, 2.05) is 25.1 Å². The van der Waals surface area contributed by atoms with E-state index in [0.717, 1.165) is 24.1 Å². The molecular formula is C18H20F2N2O2. The van der Waals surface area contributed by atoms with Crippen LogP contribution in [0.5, 0.6) is 0 Å². The second-order valence-corrected chi connectivity index (χ2v) is 5.52. The number of amides is 2. The van der Waals surface area contributed by atoms with Crippen LogP contribution < -0.4 is 10.6 Å². The Hall–Kier alpha value is -2.47. The highest BCUT2D eigenvalue weighted by Gasteiger charge is 2.20. The first-order valence-corrected chi connectivity index (χ1v) is 7.70. The summed E-state index contributed by atoms with van der Waals surface area (Å²) in [7, 11) is 0. The molecule has 2 aromatic rings. The third kappa shape index (κ3) is 4.29. The largest absolute Gasteiger partial charge is 0.386 e. The van der Waals surface area contributed by atoms with Crippen LogP contribution in [0.25, 0.3) is 0 Å². The van der Waals surface area contributed by atoms with E-state index in [1.54, 1.807) is 13.0 Å². The van der Waals surface area contributed by atoms with Gasteiger partial charge >= 0.3 is 6.03 Å². The Labute approximate surface area is 139 Å². The first-order chi connectivity index (χ1) is 11.4. The van der Waals surface area contributed by atoms with Gasteiger partial charge in [0.1, 0.15) is 0 Å². The van der Waals surface area contributed by atoms with E-state index in [9.17, 15) is 18.7 Å². The molecular weight excluding hydrogens is 314 g/mol. The fraction of sp³-hybridized carbons (Fsp3) is 0.278. The number of carbonyl (C=O) groups excluding carboxylic acids is 1. The molecule has 2 rings (SSSR count). The SMILES string of the molecule is CCc1ccccc1NC(=O)NC(C)C(O)c1ccc(F)c(F)c1. The van der Waals surface area contributed by atoms with Gasteiger partial charge in [-0.05, 0) is 42.7 Å². The van der Waals surface area contributed by atoms with E-state index in [4.69, 9.17) is 0 Å². The van der Waals surface area contributed by atoms with Crippen LogP contribution in [0.2, 0.25) is 0 Å². The molecule has 0 spiro atoms. The molecule has 2 aromatic carbocycles. The fourth-order valence-electron chi connectivity index (χ4n) is 2.38. The number of benzene rings is 2. The van der Waals surface area contributed by atoms with Crippen LogP contribution in [0.3, 0.4) is 0 Å². The molecule has 4 nitrogen and oxygen atoms in total. The van der Waals surface area contributed by atoms with Crippen molar-refractivity contribution in [3.05, 3.63) is 65.2 Å². The van der Waals surface area contributed by atoms with Crippen molar-refractivity contribution in [2.24, 2.45) is 0 Å². The van der Waals surface area contributed by atoms with Crippen LogP contribution in [0, 0.1) is 11.6 Å². The van der Waals surface area contributed by atoms with Crippen LogP contribution >= 0.6 is 0 Å². The van der Waals surface area contributed by atoms with Gasteiger partial charge < -0.3 is 15.7 Å². The summed E-state index contributed by atoms with van der Waals surface area (Å²) in [5.41, 5.74) is 1.86. The zero-order valence-electron chi connectivity index (χ0n) is 13.5. The quantitative estimate of drug-likeness (QED) is 0.779. The van der Waals surface area contributed by atoms with Crippen LogP contribution in [0.4, 0.5) is 19.3 Å². The van der Waals surface area contributed by atoms with Gasteiger partial charge in [0.05, 0.1) is 12.1 Å². The molecule has 2 amide bonds. The Balaban J connectivity index is 2.01. The van der Waals surface area contributed by atoms with Crippen molar-refractivity contribution in [3.63, 3.8) is 0 Å². The number of halogens is 2. The Morgan fingerprint density at radius 2 is 1.88 bits per heavy atom. The average molecular weight is 334 g/mol. The predicted molar refractivity (Wildman–Crippen MR) is 88.8 cm³/mol. The number of hydrogen-bond donors (Lipinski definition) is 3. The Morgan fingerprint density at radius 3 is 2.54 bits per heavy atom. The van der Waals surface area contributed by atoms with E-state index in [2.05, 4.69) is 10.6 Å². The van der Waals surface area contributed by atoms with Crippen molar-refractivity contribution in [2.75, 3.05) is 5.32 Å². The first kappa shape index (κ1) is 17.9. The van der Waals surface area contributed by atoms with E-state index in [1.165, 1.54) is 6.07 Å². The first-order valence-electron chi connectivity index (χ1n) is 7.70. The van der Waals surface area contributed by atoms with Gasteiger partial charge in [-0.1, -0.05) is 31.2 Å². The van der Waals surface area contributed by atoms with Gasteiger partial charge in [0.25, 0.3) is 0 Å². The number of para-hydroxylation sites is 1. The number of aryl methyl sites for hydroxylation is 1. The highest BCUT2D eigenvalue weighted by atomic mass is 19.2. The van der Waals surface area contributed by atoms with Crippen molar-refractivity contribution in [1.29, 1.82) is 0 Å². The minimum absolute atomic E-state index is 0.190. The summed E-state index contributed by atoms with van der Waals surface area (Å²) in [6.45, 7) is 3.56. The van der Waals surface area contributed by atoms with E-state index in [-0.39, 0.29) is 5.56 Å². The molecule has 0 saturated carbocycles. The molecule has 0 radical (unpaired) electrons. The molecule has 24 heavy (non-hydrogen) atoms. The summed E-state index contributed by atoms with van der Waals surface area (Å²) < 4.78 is 26.2. The Kier molecular flexibility index (Phi) is 5.87. The molecule has 3 N–H and O–H groups in total. The van der Waals surface area contributed by atoms with Gasteiger partial charge in [0.2, 0.25) is 0 Å². The summed E-state index contributed by atoms with van der Waals surface area (Å²) in [6.07, 6.45) is -0.393. The lowest BCUT2D eigenvalue weighted by molar-refractivity contribution is 0.138. The highest BCUT2D eigenvalue weighted by Crippen LogP contribution is 2.20. The lowest BCUT2D eigenvalue weighted by atomic mass is 10.0. The summed E-state index contributed by atoms with van der Waals surface area (Å²) in [5, 5.41) is 15.5. The van der Waals surface area contributed by atoms with Gasteiger partial charge in [-0.3, -0.25) is 0 Å². The van der Waals surface area contributed by atoms with Crippen molar-refractivity contribution in [1.82, 2.24) is 5.32 Å². The standard InChI is InChI=1S/C18H20F2N2O2/c1-3-12-6-4-5-7-16(12)22-18(24)21-11(2)17(23)13-8-9-14(19)15(20)10-13/h4-11,17,23H,3H2,1-2H3,(H2,21,22,24). The minimum Gasteiger partial charge on any atom is -0.386 e. The maximum atomic E-state index is 13.3. The number of carbonyl (C=O) groups is 1. The molecule has 2 unspecified atom stereocenters. The van der Waals surface area contributed by atoms with E-state index in [0.29, 0.717) is 5.69 Å². The highest BCUT2D eigenvalue weighted by molar-refractivity contribution is 5.90. The number of aliphatic hydroxyl groups excluding tert-OH is 1. The summed E-state index contributed by atoms with van der Waals surface area (Å²) >= 11 is 0. The molecule has 0 aliphatic carbocycles. The molecule has 0 saturated heterocycles.